The summed E-state index contributed by atoms with van der Waals surface area (Å²) in [6.45, 7) is 1.82. The number of rotatable bonds is 4. The average Bonchev–Trinajstić information content (AvgIpc) is 2.81. The van der Waals surface area contributed by atoms with Crippen LogP contribution in [0.2, 0.25) is 10.0 Å². The maximum Gasteiger partial charge on any atom is 0.302 e. The zero-order valence-corrected chi connectivity index (χ0v) is 13.8. The summed E-state index contributed by atoms with van der Waals surface area (Å²) in [5.74, 6) is -1.35. The van der Waals surface area contributed by atoms with Crippen LogP contribution >= 0.6 is 39.1 Å². The van der Waals surface area contributed by atoms with E-state index in [-0.39, 0.29) is 18.7 Å². The van der Waals surface area contributed by atoms with Crippen molar-refractivity contribution in [1.29, 1.82) is 0 Å². The van der Waals surface area contributed by atoms with Gasteiger partial charge < -0.3 is 14.2 Å². The number of hydrogen-bond donors (Lipinski definition) is 0. The van der Waals surface area contributed by atoms with Crippen LogP contribution in [0.1, 0.15) is 12.5 Å². The highest BCUT2D eigenvalue weighted by Crippen LogP contribution is 2.40. The van der Waals surface area contributed by atoms with E-state index in [4.69, 9.17) is 37.4 Å². The van der Waals surface area contributed by atoms with Crippen molar-refractivity contribution in [1.82, 2.24) is 0 Å². The second kappa shape index (κ2) is 6.62. The highest BCUT2D eigenvalue weighted by Gasteiger charge is 2.44. The van der Waals surface area contributed by atoms with Crippen LogP contribution in [0.5, 0.6) is 0 Å². The maximum atomic E-state index is 10.8. The van der Waals surface area contributed by atoms with Gasteiger partial charge in [-0.1, -0.05) is 45.2 Å². The predicted molar refractivity (Wildman–Crippen MR) is 79.4 cm³/mol. The number of benzene rings is 1. The smallest absolute Gasteiger partial charge is 0.302 e. The third kappa shape index (κ3) is 3.46. The van der Waals surface area contributed by atoms with Gasteiger partial charge in [0.15, 0.2) is 0 Å². The van der Waals surface area contributed by atoms with Gasteiger partial charge in [-0.05, 0) is 12.1 Å². The van der Waals surface area contributed by atoms with Crippen molar-refractivity contribution in [3.8, 4) is 0 Å². The Balaban J connectivity index is 2.17. The van der Waals surface area contributed by atoms with Gasteiger partial charge in [0.25, 0.3) is 0 Å². The Morgan fingerprint density at radius 3 is 2.90 bits per heavy atom. The van der Waals surface area contributed by atoms with E-state index >= 15 is 0 Å². The van der Waals surface area contributed by atoms with Gasteiger partial charge in [0.05, 0.1) is 17.0 Å². The first-order valence-corrected chi connectivity index (χ1v) is 7.81. The lowest BCUT2D eigenvalue weighted by Gasteiger charge is -2.27. The highest BCUT2D eigenvalue weighted by atomic mass is 79.9. The van der Waals surface area contributed by atoms with E-state index in [1.165, 1.54) is 6.92 Å². The van der Waals surface area contributed by atoms with Crippen LogP contribution in [0.15, 0.2) is 18.2 Å². The van der Waals surface area contributed by atoms with Crippen molar-refractivity contribution >= 4 is 45.1 Å². The molecule has 1 saturated heterocycles. The van der Waals surface area contributed by atoms with Crippen molar-refractivity contribution in [2.75, 3.05) is 18.5 Å². The van der Waals surface area contributed by atoms with Crippen LogP contribution in [-0.2, 0) is 24.8 Å². The minimum atomic E-state index is -0.994. The van der Waals surface area contributed by atoms with E-state index in [1.54, 1.807) is 18.2 Å². The van der Waals surface area contributed by atoms with Gasteiger partial charge >= 0.3 is 5.97 Å². The van der Waals surface area contributed by atoms with Gasteiger partial charge in [0.1, 0.15) is 12.7 Å². The SMILES string of the molecule is CC(=O)OCC1COC(CBr)(c2ccc(Cl)cc2Cl)O1. The molecule has 0 saturated carbocycles. The van der Waals surface area contributed by atoms with E-state index in [0.29, 0.717) is 27.5 Å². The fourth-order valence-corrected chi connectivity index (χ4v) is 3.09. The molecule has 1 fully saturated rings. The van der Waals surface area contributed by atoms with Crippen LogP contribution in [0, 0.1) is 0 Å². The third-order valence-electron chi connectivity index (χ3n) is 2.85. The molecule has 0 radical (unpaired) electrons. The molecule has 1 heterocycles. The Labute approximate surface area is 135 Å². The molecule has 2 rings (SSSR count). The van der Waals surface area contributed by atoms with Gasteiger partial charge in [0, 0.05) is 17.5 Å². The predicted octanol–water partition coefficient (Wildman–Crippen LogP) is 3.52. The first-order chi connectivity index (χ1) is 9.47. The molecule has 1 aromatic carbocycles. The van der Waals surface area contributed by atoms with E-state index < -0.39 is 5.79 Å². The van der Waals surface area contributed by atoms with Gasteiger partial charge in [-0.2, -0.15) is 0 Å². The fourth-order valence-electron chi connectivity index (χ4n) is 1.94. The van der Waals surface area contributed by atoms with E-state index in [9.17, 15) is 4.79 Å². The number of ether oxygens (including phenoxy) is 3. The lowest BCUT2D eigenvalue weighted by atomic mass is 10.1. The van der Waals surface area contributed by atoms with Crippen LogP contribution < -0.4 is 0 Å². The number of hydrogen-bond acceptors (Lipinski definition) is 4. The molecule has 0 N–H and O–H groups in total. The molecule has 7 heteroatoms. The quantitative estimate of drug-likeness (QED) is 0.589. The Morgan fingerprint density at radius 2 is 2.30 bits per heavy atom. The summed E-state index contributed by atoms with van der Waals surface area (Å²) in [6, 6.07) is 5.12. The topological polar surface area (TPSA) is 44.8 Å². The Morgan fingerprint density at radius 1 is 1.55 bits per heavy atom. The van der Waals surface area contributed by atoms with Crippen LogP contribution in [0.4, 0.5) is 0 Å². The number of carbonyl (C=O) groups excluding carboxylic acids is 1. The summed E-state index contributed by atoms with van der Waals surface area (Å²) in [5, 5.41) is 1.40. The summed E-state index contributed by atoms with van der Waals surface area (Å²) in [5.41, 5.74) is 0.686. The Hall–Kier alpha value is -0.330. The molecule has 2 atom stereocenters. The molecule has 1 aliphatic heterocycles. The molecule has 1 aromatic rings. The minimum absolute atomic E-state index is 0.148. The number of carbonyl (C=O) groups is 1. The second-order valence-corrected chi connectivity index (χ2v) is 5.77. The Kier molecular flexibility index (Phi) is 5.31. The summed E-state index contributed by atoms with van der Waals surface area (Å²) in [6.07, 6.45) is -0.330. The van der Waals surface area contributed by atoms with E-state index in [1.807, 2.05) is 0 Å². The van der Waals surface area contributed by atoms with E-state index in [0.717, 1.165) is 0 Å². The van der Waals surface area contributed by atoms with Gasteiger partial charge in [-0.3, -0.25) is 4.79 Å². The third-order valence-corrected chi connectivity index (χ3v) is 4.14. The molecule has 0 bridgehead atoms. The lowest BCUT2D eigenvalue weighted by molar-refractivity contribution is -0.167. The summed E-state index contributed by atoms with van der Waals surface area (Å²) in [7, 11) is 0. The summed E-state index contributed by atoms with van der Waals surface area (Å²) in [4.78, 5) is 10.8. The van der Waals surface area contributed by atoms with Crippen molar-refractivity contribution in [2.45, 2.75) is 18.8 Å². The van der Waals surface area contributed by atoms with Crippen molar-refractivity contribution < 1.29 is 19.0 Å². The van der Waals surface area contributed by atoms with Crippen LogP contribution in [-0.4, -0.2) is 30.6 Å². The Bertz CT molecular complexity index is 511. The van der Waals surface area contributed by atoms with Crippen LogP contribution in [0.3, 0.4) is 0 Å². The molecule has 0 aliphatic carbocycles. The average molecular weight is 384 g/mol. The van der Waals surface area contributed by atoms with Gasteiger partial charge in [0.2, 0.25) is 5.79 Å². The molecule has 0 spiro atoms. The number of alkyl halides is 1. The molecule has 1 aliphatic rings. The first-order valence-electron chi connectivity index (χ1n) is 5.93. The van der Waals surface area contributed by atoms with Gasteiger partial charge in [-0.25, -0.2) is 0 Å². The molecule has 0 amide bonds. The second-order valence-electron chi connectivity index (χ2n) is 4.36. The molecule has 20 heavy (non-hydrogen) atoms. The fraction of sp³-hybridized carbons (Fsp3) is 0.462. The molecular weight excluding hydrogens is 371 g/mol. The molecule has 2 unspecified atom stereocenters. The standard InChI is InChI=1S/C13H13BrCl2O4/c1-8(17)18-5-10-6-19-13(7-14,20-10)11-3-2-9(15)4-12(11)16/h2-4,10H,5-7H2,1H3. The highest BCUT2D eigenvalue weighted by molar-refractivity contribution is 9.09. The van der Waals surface area contributed by atoms with Crippen molar-refractivity contribution in [3.05, 3.63) is 33.8 Å². The number of halogens is 3. The monoisotopic (exact) mass is 382 g/mol. The van der Waals surface area contributed by atoms with Gasteiger partial charge in [-0.15, -0.1) is 0 Å². The number of esters is 1. The zero-order valence-electron chi connectivity index (χ0n) is 10.7. The van der Waals surface area contributed by atoms with Crippen molar-refractivity contribution in [3.63, 3.8) is 0 Å². The first kappa shape index (κ1) is 16.0. The molecule has 0 aromatic heterocycles. The zero-order chi connectivity index (χ0) is 14.8. The largest absolute Gasteiger partial charge is 0.463 e. The summed E-state index contributed by atoms with van der Waals surface area (Å²) < 4.78 is 16.6. The normalized spacial score (nSPS) is 25.7. The van der Waals surface area contributed by atoms with Crippen LogP contribution in [0.25, 0.3) is 0 Å². The molecular formula is C13H13BrCl2O4. The van der Waals surface area contributed by atoms with Crippen molar-refractivity contribution in [2.24, 2.45) is 0 Å². The molecule has 4 nitrogen and oxygen atoms in total. The minimum Gasteiger partial charge on any atom is -0.463 e. The lowest BCUT2D eigenvalue weighted by Crippen LogP contribution is -2.31. The summed E-state index contributed by atoms with van der Waals surface area (Å²) >= 11 is 15.5. The maximum absolute atomic E-state index is 10.8. The molecule has 110 valence electrons. The van der Waals surface area contributed by atoms with E-state index in [2.05, 4.69) is 15.9 Å².